The van der Waals surface area contributed by atoms with Crippen LogP contribution in [0.4, 0.5) is 0 Å². The maximum Gasteiger partial charge on any atom is 0.146 e. The third-order valence-corrected chi connectivity index (χ3v) is 1.80. The smallest absolute Gasteiger partial charge is 0.146 e. The third-order valence-electron chi connectivity index (χ3n) is 1.80. The van der Waals surface area contributed by atoms with Crippen molar-refractivity contribution < 1.29 is 4.79 Å². The number of carbonyl (C=O) groups excluding carboxylic acids is 1. The Balaban J connectivity index is 3.79. The predicted molar refractivity (Wildman–Crippen MR) is 52.2 cm³/mol. The van der Waals surface area contributed by atoms with E-state index in [0.29, 0.717) is 0 Å². The van der Waals surface area contributed by atoms with E-state index in [1.165, 1.54) is 0 Å². The number of Topliss-reactive ketones (excluding diaryl/α,β-unsaturated/α-hetero) is 1. The van der Waals surface area contributed by atoms with Crippen LogP contribution in [0.25, 0.3) is 0 Å². The van der Waals surface area contributed by atoms with E-state index in [2.05, 4.69) is 11.9 Å². The Kier molecular flexibility index (Phi) is 5.64. The summed E-state index contributed by atoms with van der Waals surface area (Å²) in [6.45, 7) is 10.3. The van der Waals surface area contributed by atoms with Crippen molar-refractivity contribution in [2.75, 3.05) is 6.54 Å². The van der Waals surface area contributed by atoms with Gasteiger partial charge in [0, 0.05) is 0 Å². The van der Waals surface area contributed by atoms with Crippen LogP contribution in [-0.4, -0.2) is 18.4 Å². The molecule has 1 atom stereocenters. The van der Waals surface area contributed by atoms with Gasteiger partial charge in [-0.2, -0.15) is 0 Å². The Morgan fingerprint density at radius 3 is 2.42 bits per heavy atom. The Hall–Kier alpha value is -0.630. The van der Waals surface area contributed by atoms with Gasteiger partial charge < -0.3 is 5.32 Å². The molecule has 0 aromatic heterocycles. The van der Waals surface area contributed by atoms with Crippen LogP contribution in [-0.2, 0) is 4.79 Å². The van der Waals surface area contributed by atoms with Crippen molar-refractivity contribution in [2.24, 2.45) is 0 Å². The normalized spacial score (nSPS) is 12.6. The van der Waals surface area contributed by atoms with E-state index in [1.807, 2.05) is 13.8 Å². The first-order chi connectivity index (χ1) is 5.57. The number of hydrogen-bond acceptors (Lipinski definition) is 2. The molecule has 0 radical (unpaired) electrons. The van der Waals surface area contributed by atoms with Crippen LogP contribution in [0.15, 0.2) is 12.2 Å². The molecule has 0 bridgehead atoms. The van der Waals surface area contributed by atoms with E-state index in [4.69, 9.17) is 0 Å². The molecule has 0 aliphatic rings. The van der Waals surface area contributed by atoms with Crippen molar-refractivity contribution in [3.63, 3.8) is 0 Å². The highest BCUT2D eigenvalue weighted by atomic mass is 16.1. The molecule has 0 aromatic rings. The second-order valence-corrected chi connectivity index (χ2v) is 3.22. The van der Waals surface area contributed by atoms with Crippen LogP contribution in [0.5, 0.6) is 0 Å². The number of carbonyl (C=O) groups is 1. The molecule has 0 aromatic carbocycles. The summed E-state index contributed by atoms with van der Waals surface area (Å²) in [5.41, 5.74) is 1.14. The van der Waals surface area contributed by atoms with Crippen molar-refractivity contribution in [3.05, 3.63) is 12.2 Å². The lowest BCUT2D eigenvalue weighted by molar-refractivity contribution is -0.119. The molecule has 0 fully saturated rings. The average Bonchev–Trinajstić information content (AvgIpc) is 1.96. The highest BCUT2D eigenvalue weighted by Gasteiger charge is 2.11. The Morgan fingerprint density at radius 2 is 2.08 bits per heavy atom. The molecule has 0 heterocycles. The van der Waals surface area contributed by atoms with Crippen LogP contribution in [0, 0.1) is 0 Å². The summed E-state index contributed by atoms with van der Waals surface area (Å²) in [5, 5.41) is 3.15. The first-order valence-corrected chi connectivity index (χ1v) is 4.46. The first kappa shape index (κ1) is 11.4. The Morgan fingerprint density at radius 1 is 1.50 bits per heavy atom. The van der Waals surface area contributed by atoms with Gasteiger partial charge in [0.05, 0.1) is 6.04 Å². The van der Waals surface area contributed by atoms with Gasteiger partial charge in [0.15, 0.2) is 0 Å². The minimum Gasteiger partial charge on any atom is -0.308 e. The lowest BCUT2D eigenvalue weighted by Crippen LogP contribution is -2.35. The van der Waals surface area contributed by atoms with Crippen LogP contribution in [0.2, 0.25) is 0 Å². The molecule has 0 rings (SSSR count). The van der Waals surface area contributed by atoms with E-state index in [0.717, 1.165) is 25.0 Å². The van der Waals surface area contributed by atoms with Gasteiger partial charge in [0.25, 0.3) is 0 Å². The van der Waals surface area contributed by atoms with Gasteiger partial charge >= 0.3 is 0 Å². The van der Waals surface area contributed by atoms with Crippen LogP contribution < -0.4 is 5.32 Å². The lowest BCUT2D eigenvalue weighted by Gasteiger charge is -2.13. The summed E-state index contributed by atoms with van der Waals surface area (Å²) in [7, 11) is 0. The van der Waals surface area contributed by atoms with Crippen molar-refractivity contribution >= 4 is 5.78 Å². The lowest BCUT2D eigenvalue weighted by atomic mass is 10.0. The maximum atomic E-state index is 11.1. The molecule has 70 valence electrons. The molecule has 2 heteroatoms. The third kappa shape index (κ3) is 5.08. The van der Waals surface area contributed by atoms with Gasteiger partial charge in [-0.3, -0.25) is 4.79 Å². The zero-order valence-corrected chi connectivity index (χ0v) is 8.31. The summed E-state index contributed by atoms with van der Waals surface area (Å²) in [5.74, 6) is 0.220. The summed E-state index contributed by atoms with van der Waals surface area (Å²) in [6, 6.07) is 0.0201. The topological polar surface area (TPSA) is 29.1 Å². The number of rotatable bonds is 6. The maximum absolute atomic E-state index is 11.1. The van der Waals surface area contributed by atoms with E-state index < -0.39 is 0 Å². The second kappa shape index (κ2) is 5.95. The van der Waals surface area contributed by atoms with Crippen LogP contribution in [0.3, 0.4) is 0 Å². The predicted octanol–water partition coefficient (Wildman–Crippen LogP) is 1.91. The van der Waals surface area contributed by atoms with Crippen LogP contribution in [0.1, 0.15) is 33.6 Å². The van der Waals surface area contributed by atoms with Crippen molar-refractivity contribution in [3.8, 4) is 0 Å². The highest BCUT2D eigenvalue weighted by molar-refractivity contribution is 5.81. The van der Waals surface area contributed by atoms with Gasteiger partial charge in [-0.1, -0.05) is 12.5 Å². The van der Waals surface area contributed by atoms with Crippen molar-refractivity contribution in [2.45, 2.75) is 39.7 Å². The number of ketones is 1. The molecule has 2 nitrogen and oxygen atoms in total. The average molecular weight is 169 g/mol. The van der Waals surface area contributed by atoms with Crippen LogP contribution >= 0.6 is 0 Å². The summed E-state index contributed by atoms with van der Waals surface area (Å²) in [4.78, 5) is 11.1. The molecular weight excluding hydrogens is 150 g/mol. The molecule has 1 unspecified atom stereocenters. The first-order valence-electron chi connectivity index (χ1n) is 4.46. The summed E-state index contributed by atoms with van der Waals surface area (Å²) >= 11 is 0. The van der Waals surface area contributed by atoms with Gasteiger partial charge in [-0.25, -0.2) is 0 Å². The van der Waals surface area contributed by atoms with E-state index in [-0.39, 0.29) is 11.8 Å². The molecule has 1 N–H and O–H groups in total. The van der Waals surface area contributed by atoms with E-state index in [1.54, 1.807) is 6.92 Å². The monoisotopic (exact) mass is 169 g/mol. The van der Waals surface area contributed by atoms with E-state index in [9.17, 15) is 4.79 Å². The van der Waals surface area contributed by atoms with Crippen molar-refractivity contribution in [1.82, 2.24) is 5.32 Å². The fourth-order valence-corrected chi connectivity index (χ4v) is 1.09. The fourth-order valence-electron chi connectivity index (χ4n) is 1.09. The standard InChI is InChI=1S/C10H19NO/c1-5-11-10(9(4)12)7-6-8(2)3/h10-11H,2,5-7H2,1,3-4H3. The van der Waals surface area contributed by atoms with Gasteiger partial charge in [0.2, 0.25) is 0 Å². The van der Waals surface area contributed by atoms with Gasteiger partial charge in [0.1, 0.15) is 5.78 Å². The highest BCUT2D eigenvalue weighted by Crippen LogP contribution is 2.05. The number of allylic oxidation sites excluding steroid dienone is 1. The number of hydrogen-bond donors (Lipinski definition) is 1. The summed E-state index contributed by atoms with van der Waals surface area (Å²) < 4.78 is 0. The molecule has 0 saturated carbocycles. The second-order valence-electron chi connectivity index (χ2n) is 3.22. The molecule has 0 aliphatic heterocycles. The van der Waals surface area contributed by atoms with Gasteiger partial charge in [-0.15, -0.1) is 6.58 Å². The SMILES string of the molecule is C=C(C)CCC(NCC)C(C)=O. The number of nitrogens with one attached hydrogen (secondary N) is 1. The quantitative estimate of drug-likeness (QED) is 0.615. The minimum absolute atomic E-state index is 0.0201. The zero-order valence-electron chi connectivity index (χ0n) is 8.31. The van der Waals surface area contributed by atoms with Gasteiger partial charge in [-0.05, 0) is 33.2 Å². The Bertz CT molecular complexity index is 163. The molecule has 0 amide bonds. The summed E-state index contributed by atoms with van der Waals surface area (Å²) in [6.07, 6.45) is 1.80. The van der Waals surface area contributed by atoms with Crippen molar-refractivity contribution in [1.29, 1.82) is 0 Å². The molecule has 0 spiro atoms. The molecule has 0 saturated heterocycles. The fraction of sp³-hybridized carbons (Fsp3) is 0.700. The molecule has 12 heavy (non-hydrogen) atoms. The minimum atomic E-state index is 0.0201. The molecule has 0 aliphatic carbocycles. The largest absolute Gasteiger partial charge is 0.308 e. The van der Waals surface area contributed by atoms with E-state index >= 15 is 0 Å². The number of likely N-dealkylation sites (N-methyl/N-ethyl adjacent to an activating group) is 1. The molecular formula is C10H19NO. The Labute approximate surface area is 75.0 Å². The zero-order chi connectivity index (χ0) is 9.56.